The van der Waals surface area contributed by atoms with Crippen LogP contribution >= 0.6 is 0 Å². The summed E-state index contributed by atoms with van der Waals surface area (Å²) in [4.78, 5) is 10.3. The van der Waals surface area contributed by atoms with E-state index in [1.54, 1.807) is 0 Å². The molecular formula is C19H26N5O+. The number of rotatable bonds is 5. The third-order valence-electron chi connectivity index (χ3n) is 4.41. The molecule has 0 amide bonds. The molecule has 1 aromatic heterocycles. The number of hydrogen-bond acceptors (Lipinski definition) is 5. The van der Waals surface area contributed by atoms with Crippen LogP contribution in [0.5, 0.6) is 0 Å². The molecule has 25 heavy (non-hydrogen) atoms. The van der Waals surface area contributed by atoms with Crippen molar-refractivity contribution in [1.29, 1.82) is 0 Å². The summed E-state index contributed by atoms with van der Waals surface area (Å²) in [5.74, 6) is 0.542. The van der Waals surface area contributed by atoms with Gasteiger partial charge in [0.05, 0.1) is 18.9 Å². The van der Waals surface area contributed by atoms with Gasteiger partial charge in [-0.15, -0.1) is 0 Å². The lowest BCUT2D eigenvalue weighted by Gasteiger charge is -2.31. The quantitative estimate of drug-likeness (QED) is 0.640. The fourth-order valence-corrected chi connectivity index (χ4v) is 3.32. The molecule has 0 radical (unpaired) electrons. The van der Waals surface area contributed by atoms with Gasteiger partial charge in [-0.05, 0) is 26.8 Å². The number of aryl methyl sites for hydroxylation is 2. The van der Waals surface area contributed by atoms with E-state index in [0.717, 1.165) is 43.4 Å². The lowest BCUT2D eigenvalue weighted by atomic mass is 10.0. The maximum absolute atomic E-state index is 5.52. The van der Waals surface area contributed by atoms with Crippen LogP contribution in [0.15, 0.2) is 41.5 Å². The van der Waals surface area contributed by atoms with Gasteiger partial charge < -0.3 is 9.64 Å². The highest BCUT2D eigenvalue weighted by molar-refractivity contribution is 5.87. The summed E-state index contributed by atoms with van der Waals surface area (Å²) in [7, 11) is 0. The van der Waals surface area contributed by atoms with Gasteiger partial charge in [0.1, 0.15) is 13.1 Å². The van der Waals surface area contributed by atoms with Gasteiger partial charge in [0.15, 0.2) is 6.04 Å². The highest BCUT2D eigenvalue weighted by Gasteiger charge is 2.29. The van der Waals surface area contributed by atoms with Crippen LogP contribution in [0.3, 0.4) is 0 Å². The van der Waals surface area contributed by atoms with Crippen LogP contribution in [0, 0.1) is 13.8 Å². The summed E-state index contributed by atoms with van der Waals surface area (Å²) in [5.41, 5.74) is 7.19. The Hall–Kier alpha value is -2.31. The predicted molar refractivity (Wildman–Crippen MR) is 98.9 cm³/mol. The molecule has 0 bridgehead atoms. The first kappa shape index (κ1) is 17.5. The molecule has 0 aliphatic carbocycles. The number of morpholine rings is 1. The zero-order valence-corrected chi connectivity index (χ0v) is 15.1. The number of benzene rings is 1. The number of anilines is 1. The van der Waals surface area contributed by atoms with E-state index >= 15 is 0 Å². The molecule has 3 rings (SSSR count). The molecule has 1 saturated heterocycles. The molecule has 1 atom stereocenters. The summed E-state index contributed by atoms with van der Waals surface area (Å²) in [6.07, 6.45) is 0. The van der Waals surface area contributed by atoms with E-state index in [1.165, 1.54) is 10.5 Å². The fraction of sp³-hybridized carbons (Fsp3) is 0.421. The lowest BCUT2D eigenvalue weighted by molar-refractivity contribution is -0.928. The van der Waals surface area contributed by atoms with Crippen molar-refractivity contribution in [1.82, 2.24) is 9.97 Å². The second kappa shape index (κ2) is 8.18. The number of quaternary nitrogens is 1. The van der Waals surface area contributed by atoms with E-state index in [0.29, 0.717) is 5.95 Å². The van der Waals surface area contributed by atoms with Crippen LogP contribution in [0.4, 0.5) is 5.95 Å². The van der Waals surface area contributed by atoms with Crippen molar-refractivity contribution < 1.29 is 9.64 Å². The fourth-order valence-electron chi connectivity index (χ4n) is 3.32. The summed E-state index contributed by atoms with van der Waals surface area (Å²) in [5, 5.41) is 4.61. The first-order valence-electron chi connectivity index (χ1n) is 8.73. The number of aromatic nitrogens is 2. The minimum absolute atomic E-state index is 0.198. The molecule has 0 saturated carbocycles. The molecule has 1 aromatic carbocycles. The zero-order valence-electron chi connectivity index (χ0n) is 15.1. The van der Waals surface area contributed by atoms with Crippen LogP contribution in [0.25, 0.3) is 0 Å². The smallest absolute Gasteiger partial charge is 0.243 e. The third-order valence-corrected chi connectivity index (χ3v) is 4.41. The van der Waals surface area contributed by atoms with E-state index in [4.69, 9.17) is 4.74 Å². The van der Waals surface area contributed by atoms with Crippen molar-refractivity contribution in [3.63, 3.8) is 0 Å². The molecule has 2 heterocycles. The van der Waals surface area contributed by atoms with Gasteiger partial charge in [-0.25, -0.2) is 15.4 Å². The minimum atomic E-state index is 0.198. The topological polar surface area (TPSA) is 63.8 Å². The van der Waals surface area contributed by atoms with Gasteiger partial charge in [0.2, 0.25) is 5.95 Å². The highest BCUT2D eigenvalue weighted by atomic mass is 16.5. The van der Waals surface area contributed by atoms with Crippen molar-refractivity contribution in [3.8, 4) is 0 Å². The van der Waals surface area contributed by atoms with Gasteiger partial charge in [0.25, 0.3) is 0 Å². The minimum Gasteiger partial charge on any atom is -0.370 e. The summed E-state index contributed by atoms with van der Waals surface area (Å²) in [6, 6.07) is 12.7. The lowest BCUT2D eigenvalue weighted by Crippen LogP contribution is -3.15. The number of ether oxygens (including phenoxy) is 1. The summed E-state index contributed by atoms with van der Waals surface area (Å²) in [6.45, 7) is 9.52. The standard InChI is InChI=1S/C19H25N5O/c1-14-13-15(2)21-19(20-14)23-22-16(3)18(17-7-5-4-6-8-17)24-9-11-25-12-10-24/h4-8,13,18H,9-12H2,1-3H3,(H,20,21,23)/p+1/b22-16-/t18-/m1/s1. The number of hydrazone groups is 1. The second-order valence-corrected chi connectivity index (χ2v) is 6.45. The van der Waals surface area contributed by atoms with Crippen molar-refractivity contribution in [2.45, 2.75) is 26.8 Å². The zero-order chi connectivity index (χ0) is 17.6. The Balaban J connectivity index is 1.83. The van der Waals surface area contributed by atoms with Crippen LogP contribution < -0.4 is 10.3 Å². The van der Waals surface area contributed by atoms with Crippen LogP contribution in [-0.2, 0) is 4.74 Å². The molecule has 6 nitrogen and oxygen atoms in total. The van der Waals surface area contributed by atoms with Crippen LogP contribution in [0.2, 0.25) is 0 Å². The van der Waals surface area contributed by atoms with Crippen molar-refractivity contribution in [2.24, 2.45) is 5.10 Å². The Morgan fingerprint density at radius 2 is 1.76 bits per heavy atom. The molecule has 1 aliphatic heterocycles. The third kappa shape index (κ3) is 4.61. The van der Waals surface area contributed by atoms with Crippen LogP contribution in [-0.4, -0.2) is 42.0 Å². The van der Waals surface area contributed by atoms with Gasteiger partial charge in [-0.2, -0.15) is 5.10 Å². The Morgan fingerprint density at radius 1 is 1.12 bits per heavy atom. The van der Waals surface area contributed by atoms with E-state index < -0.39 is 0 Å². The van der Waals surface area contributed by atoms with Crippen molar-refractivity contribution in [2.75, 3.05) is 31.7 Å². The normalized spacial score (nSPS) is 17.3. The molecule has 1 fully saturated rings. The number of nitrogens with zero attached hydrogens (tertiary/aromatic N) is 3. The molecule has 132 valence electrons. The maximum atomic E-state index is 5.52. The molecular weight excluding hydrogens is 314 g/mol. The van der Waals surface area contributed by atoms with Gasteiger partial charge in [-0.3, -0.25) is 0 Å². The summed E-state index contributed by atoms with van der Waals surface area (Å²) < 4.78 is 5.52. The van der Waals surface area contributed by atoms with Crippen molar-refractivity contribution >= 4 is 11.7 Å². The monoisotopic (exact) mass is 340 g/mol. The predicted octanol–water partition coefficient (Wildman–Crippen LogP) is 1.54. The van der Waals surface area contributed by atoms with Crippen molar-refractivity contribution in [3.05, 3.63) is 53.3 Å². The first-order valence-corrected chi connectivity index (χ1v) is 8.73. The SMILES string of the molecule is C/C(=N/Nc1nc(C)cc(C)n1)[C@H](c1ccccc1)[NH+]1CCOCC1. The molecule has 2 N–H and O–H groups in total. The second-order valence-electron chi connectivity index (χ2n) is 6.45. The average Bonchev–Trinajstić information content (AvgIpc) is 2.61. The van der Waals surface area contributed by atoms with E-state index in [1.807, 2.05) is 26.0 Å². The molecule has 0 unspecified atom stereocenters. The number of nitrogens with one attached hydrogen (secondary N) is 2. The Labute approximate surface area is 148 Å². The Bertz CT molecular complexity index is 706. The molecule has 1 aliphatic rings. The van der Waals surface area contributed by atoms with E-state index in [9.17, 15) is 0 Å². The molecule has 2 aromatic rings. The maximum Gasteiger partial charge on any atom is 0.243 e. The van der Waals surface area contributed by atoms with Gasteiger partial charge in [0, 0.05) is 17.0 Å². The van der Waals surface area contributed by atoms with E-state index in [2.05, 4.69) is 51.7 Å². The highest BCUT2D eigenvalue weighted by Crippen LogP contribution is 2.13. The van der Waals surface area contributed by atoms with Gasteiger partial charge in [-0.1, -0.05) is 30.3 Å². The van der Waals surface area contributed by atoms with E-state index in [-0.39, 0.29) is 6.04 Å². The van der Waals surface area contributed by atoms with Crippen LogP contribution in [0.1, 0.15) is 29.9 Å². The Morgan fingerprint density at radius 3 is 2.40 bits per heavy atom. The Kier molecular flexibility index (Phi) is 5.73. The molecule has 6 heteroatoms. The summed E-state index contributed by atoms with van der Waals surface area (Å²) >= 11 is 0. The largest absolute Gasteiger partial charge is 0.370 e. The van der Waals surface area contributed by atoms with Gasteiger partial charge >= 0.3 is 0 Å². The number of hydrogen-bond donors (Lipinski definition) is 2. The average molecular weight is 340 g/mol. The molecule has 0 spiro atoms. The first-order chi connectivity index (χ1) is 12.1.